The molecule has 1 fully saturated rings. The topological polar surface area (TPSA) is 76.1 Å². The van der Waals surface area contributed by atoms with E-state index in [9.17, 15) is 10.1 Å². The first kappa shape index (κ1) is 13.2. The summed E-state index contributed by atoms with van der Waals surface area (Å²) in [4.78, 5) is 12.4. The number of Topliss-reactive ketones (excluding diaryl/α,β-unsaturated/α-hetero) is 1. The van der Waals surface area contributed by atoms with Crippen LogP contribution in [0.25, 0.3) is 0 Å². The van der Waals surface area contributed by atoms with Gasteiger partial charge in [0.1, 0.15) is 6.07 Å². The second-order valence-corrected chi connectivity index (χ2v) is 6.99. The van der Waals surface area contributed by atoms with E-state index in [0.717, 1.165) is 37.7 Å². The number of nitriles is 1. The van der Waals surface area contributed by atoms with Gasteiger partial charge in [-0.15, -0.1) is 0 Å². The molecule has 1 heterocycles. The zero-order valence-corrected chi connectivity index (χ0v) is 12.1. The lowest BCUT2D eigenvalue weighted by Gasteiger charge is -2.43. The van der Waals surface area contributed by atoms with E-state index in [-0.39, 0.29) is 22.5 Å². The number of hydrogen-bond acceptors (Lipinski definition) is 4. The monoisotopic (exact) mass is 272 g/mol. The van der Waals surface area contributed by atoms with Gasteiger partial charge < -0.3 is 10.5 Å². The molecule has 0 atom stereocenters. The van der Waals surface area contributed by atoms with Gasteiger partial charge in [0, 0.05) is 11.8 Å². The molecule has 1 spiro atoms. The molecule has 20 heavy (non-hydrogen) atoms. The Labute approximate surface area is 119 Å². The molecule has 106 valence electrons. The van der Waals surface area contributed by atoms with Crippen LogP contribution < -0.4 is 5.73 Å². The van der Waals surface area contributed by atoms with Crippen LogP contribution in [-0.4, -0.2) is 5.78 Å². The fourth-order valence-electron chi connectivity index (χ4n) is 4.05. The second kappa shape index (κ2) is 4.12. The van der Waals surface area contributed by atoms with Crippen molar-refractivity contribution in [2.45, 2.75) is 52.4 Å². The smallest absolute Gasteiger partial charge is 0.205 e. The Balaban J connectivity index is 2.18. The van der Waals surface area contributed by atoms with E-state index in [4.69, 9.17) is 10.5 Å². The van der Waals surface area contributed by atoms with Crippen LogP contribution in [0.15, 0.2) is 22.8 Å². The summed E-state index contributed by atoms with van der Waals surface area (Å²) in [6.07, 6.45) is 5.25. The van der Waals surface area contributed by atoms with Crippen molar-refractivity contribution in [3.8, 4) is 6.07 Å². The van der Waals surface area contributed by atoms with Gasteiger partial charge in [-0.25, -0.2) is 0 Å². The molecule has 1 aliphatic heterocycles. The summed E-state index contributed by atoms with van der Waals surface area (Å²) in [5, 5.41) is 9.50. The van der Waals surface area contributed by atoms with Gasteiger partial charge in [-0.3, -0.25) is 4.79 Å². The maximum absolute atomic E-state index is 12.4. The highest BCUT2D eigenvalue weighted by molar-refractivity contribution is 5.96. The maximum Gasteiger partial charge on any atom is 0.205 e. The number of ether oxygens (including phenoxy) is 1. The lowest BCUT2D eigenvalue weighted by Crippen LogP contribution is -2.39. The van der Waals surface area contributed by atoms with Crippen LogP contribution in [0.3, 0.4) is 0 Å². The zero-order chi connectivity index (χ0) is 14.5. The summed E-state index contributed by atoms with van der Waals surface area (Å²) in [7, 11) is 0. The SMILES string of the molecule is CC1(C)CC(=O)C2=C(C1)C1(CCCC1)C(C#N)=C(N)O2. The van der Waals surface area contributed by atoms with Gasteiger partial charge in [0.15, 0.2) is 11.5 Å². The highest BCUT2D eigenvalue weighted by Gasteiger charge is 2.51. The maximum atomic E-state index is 12.4. The van der Waals surface area contributed by atoms with Gasteiger partial charge >= 0.3 is 0 Å². The minimum atomic E-state index is -0.334. The van der Waals surface area contributed by atoms with Crippen LogP contribution in [0.4, 0.5) is 0 Å². The van der Waals surface area contributed by atoms with Gasteiger partial charge in [0.25, 0.3) is 0 Å². The van der Waals surface area contributed by atoms with Crippen LogP contribution >= 0.6 is 0 Å². The van der Waals surface area contributed by atoms with Gasteiger partial charge in [-0.2, -0.15) is 5.26 Å². The molecule has 0 aromatic heterocycles. The van der Waals surface area contributed by atoms with E-state index in [2.05, 4.69) is 19.9 Å². The number of hydrogen-bond donors (Lipinski definition) is 1. The minimum Gasteiger partial charge on any atom is -0.437 e. The third-order valence-electron chi connectivity index (χ3n) is 4.91. The van der Waals surface area contributed by atoms with Crippen molar-refractivity contribution in [2.24, 2.45) is 16.6 Å². The summed E-state index contributed by atoms with van der Waals surface area (Å²) in [5.41, 5.74) is 7.10. The number of carbonyl (C=O) groups excluding carboxylic acids is 1. The third kappa shape index (κ3) is 1.69. The largest absolute Gasteiger partial charge is 0.437 e. The summed E-state index contributed by atoms with van der Waals surface area (Å²) in [5.74, 6) is 0.603. The average molecular weight is 272 g/mol. The minimum absolute atomic E-state index is 0.0301. The first-order valence-electron chi connectivity index (χ1n) is 7.25. The van der Waals surface area contributed by atoms with Crippen molar-refractivity contribution < 1.29 is 9.53 Å². The second-order valence-electron chi connectivity index (χ2n) is 6.99. The van der Waals surface area contributed by atoms with Crippen molar-refractivity contribution in [1.29, 1.82) is 5.26 Å². The molecule has 1 saturated carbocycles. The van der Waals surface area contributed by atoms with E-state index in [1.807, 2.05) is 0 Å². The molecule has 2 aliphatic carbocycles. The summed E-state index contributed by atoms with van der Waals surface area (Å²) < 4.78 is 5.55. The number of ketones is 1. The summed E-state index contributed by atoms with van der Waals surface area (Å²) >= 11 is 0. The van der Waals surface area contributed by atoms with Crippen LogP contribution in [-0.2, 0) is 9.53 Å². The first-order valence-corrected chi connectivity index (χ1v) is 7.25. The molecule has 4 nitrogen and oxygen atoms in total. The molecular formula is C16H20N2O2. The zero-order valence-electron chi connectivity index (χ0n) is 12.1. The number of nitrogens with two attached hydrogens (primary N) is 1. The number of rotatable bonds is 0. The Hall–Kier alpha value is -1.76. The Bertz CT molecular complexity index is 584. The first-order chi connectivity index (χ1) is 9.39. The van der Waals surface area contributed by atoms with E-state index < -0.39 is 0 Å². The number of allylic oxidation sites excluding steroid dienone is 3. The number of fused-ring (bicyclic) bond motifs is 1. The van der Waals surface area contributed by atoms with Crippen LogP contribution in [0.1, 0.15) is 52.4 Å². The lowest BCUT2D eigenvalue weighted by atomic mass is 9.63. The van der Waals surface area contributed by atoms with E-state index >= 15 is 0 Å². The molecule has 0 saturated heterocycles. The van der Waals surface area contributed by atoms with Gasteiger partial charge in [-0.05, 0) is 30.3 Å². The third-order valence-corrected chi connectivity index (χ3v) is 4.91. The Kier molecular flexibility index (Phi) is 2.72. The molecule has 3 rings (SSSR count). The molecule has 3 aliphatic rings. The number of carbonyl (C=O) groups is 1. The van der Waals surface area contributed by atoms with E-state index in [1.54, 1.807) is 0 Å². The Morgan fingerprint density at radius 3 is 2.50 bits per heavy atom. The molecular weight excluding hydrogens is 252 g/mol. The Morgan fingerprint density at radius 2 is 1.90 bits per heavy atom. The molecule has 0 aromatic rings. The van der Waals surface area contributed by atoms with Crippen molar-refractivity contribution in [3.05, 3.63) is 22.8 Å². The summed E-state index contributed by atoms with van der Waals surface area (Å²) in [6, 6.07) is 2.25. The standard InChI is InChI=1S/C16H20N2O2/c1-15(2)7-10-13(12(19)8-15)20-14(18)11(9-17)16(10)5-3-4-6-16/h3-8,18H2,1-2H3. The van der Waals surface area contributed by atoms with Crippen LogP contribution in [0, 0.1) is 22.2 Å². The molecule has 0 unspecified atom stereocenters. The molecule has 0 aromatic carbocycles. The van der Waals surface area contributed by atoms with Crippen LogP contribution in [0.5, 0.6) is 0 Å². The Morgan fingerprint density at radius 1 is 1.25 bits per heavy atom. The fraction of sp³-hybridized carbons (Fsp3) is 0.625. The normalized spacial score (nSPS) is 27.4. The lowest BCUT2D eigenvalue weighted by molar-refractivity contribution is -0.121. The predicted molar refractivity (Wildman–Crippen MR) is 73.9 cm³/mol. The van der Waals surface area contributed by atoms with Gasteiger partial charge in [0.2, 0.25) is 5.88 Å². The number of nitrogens with zero attached hydrogens (tertiary/aromatic N) is 1. The quantitative estimate of drug-likeness (QED) is 0.735. The molecule has 0 bridgehead atoms. The highest BCUT2D eigenvalue weighted by Crippen LogP contribution is 2.58. The predicted octanol–water partition coefficient (Wildman–Crippen LogP) is 2.91. The van der Waals surface area contributed by atoms with Crippen molar-refractivity contribution in [1.82, 2.24) is 0 Å². The molecule has 0 radical (unpaired) electrons. The highest BCUT2D eigenvalue weighted by atomic mass is 16.5. The van der Waals surface area contributed by atoms with Crippen molar-refractivity contribution in [2.75, 3.05) is 0 Å². The van der Waals surface area contributed by atoms with E-state index in [0.29, 0.717) is 17.8 Å². The van der Waals surface area contributed by atoms with Crippen molar-refractivity contribution >= 4 is 5.78 Å². The molecule has 2 N–H and O–H groups in total. The molecule has 0 amide bonds. The van der Waals surface area contributed by atoms with Crippen LogP contribution in [0.2, 0.25) is 0 Å². The van der Waals surface area contributed by atoms with Gasteiger partial charge in [-0.1, -0.05) is 26.7 Å². The molecule has 4 heteroatoms. The summed E-state index contributed by atoms with van der Waals surface area (Å²) in [6.45, 7) is 4.20. The van der Waals surface area contributed by atoms with Crippen molar-refractivity contribution in [3.63, 3.8) is 0 Å². The average Bonchev–Trinajstić information content (AvgIpc) is 2.81. The fourth-order valence-corrected chi connectivity index (χ4v) is 4.05. The van der Waals surface area contributed by atoms with Gasteiger partial charge in [0.05, 0.1) is 5.57 Å². The van der Waals surface area contributed by atoms with E-state index in [1.165, 1.54) is 0 Å².